The minimum Gasteiger partial charge on any atom is -0.409 e. The van der Waals surface area contributed by atoms with Crippen molar-refractivity contribution in [2.75, 3.05) is 11.4 Å². The van der Waals surface area contributed by atoms with Crippen molar-refractivity contribution in [1.82, 2.24) is 4.98 Å². The second kappa shape index (κ2) is 5.87. The van der Waals surface area contributed by atoms with Gasteiger partial charge in [0.2, 0.25) is 0 Å². The Morgan fingerprint density at radius 3 is 2.85 bits per heavy atom. The first-order valence-electron chi connectivity index (χ1n) is 6.84. The van der Waals surface area contributed by atoms with Crippen LogP contribution in [0.1, 0.15) is 32.8 Å². The maximum atomic E-state index is 8.82. The molecule has 0 bridgehead atoms. The van der Waals surface area contributed by atoms with E-state index in [9.17, 15) is 0 Å². The summed E-state index contributed by atoms with van der Waals surface area (Å²) in [6.45, 7) is 7.58. The van der Waals surface area contributed by atoms with Gasteiger partial charge >= 0.3 is 0 Å². The number of nitrogens with two attached hydrogens (primary N) is 1. The van der Waals surface area contributed by atoms with Crippen LogP contribution in [0.2, 0.25) is 5.02 Å². The fourth-order valence-electron chi connectivity index (χ4n) is 2.88. The summed E-state index contributed by atoms with van der Waals surface area (Å²) < 4.78 is 0. The Hall–Kier alpha value is -1.49. The van der Waals surface area contributed by atoms with Gasteiger partial charge in [-0.05, 0) is 31.2 Å². The molecule has 0 spiro atoms. The minimum atomic E-state index is 0.00408. The highest BCUT2D eigenvalue weighted by atomic mass is 35.5. The van der Waals surface area contributed by atoms with Crippen molar-refractivity contribution in [2.45, 2.75) is 33.2 Å². The van der Waals surface area contributed by atoms with Gasteiger partial charge in [0, 0.05) is 24.3 Å². The molecule has 1 saturated heterocycles. The number of hydrogen-bond acceptors (Lipinski definition) is 4. The molecule has 2 rings (SSSR count). The van der Waals surface area contributed by atoms with Crippen LogP contribution in [0.3, 0.4) is 0 Å². The number of amidine groups is 1. The Labute approximate surface area is 124 Å². The zero-order valence-electron chi connectivity index (χ0n) is 12.0. The molecule has 1 fully saturated rings. The molecule has 3 unspecified atom stereocenters. The molecule has 20 heavy (non-hydrogen) atoms. The number of oxime groups is 1. The van der Waals surface area contributed by atoms with Gasteiger partial charge in [-0.1, -0.05) is 30.6 Å². The van der Waals surface area contributed by atoms with E-state index in [0.29, 0.717) is 34.3 Å². The molecule has 0 saturated carbocycles. The van der Waals surface area contributed by atoms with Gasteiger partial charge in [0.15, 0.2) is 5.84 Å². The Morgan fingerprint density at radius 2 is 2.20 bits per heavy atom. The topological polar surface area (TPSA) is 74.7 Å². The van der Waals surface area contributed by atoms with E-state index < -0.39 is 0 Å². The lowest BCUT2D eigenvalue weighted by atomic mass is 9.86. The normalized spacial score (nSPS) is 27.7. The van der Waals surface area contributed by atoms with Crippen LogP contribution in [-0.2, 0) is 0 Å². The molecular weight excluding hydrogens is 276 g/mol. The summed E-state index contributed by atoms with van der Waals surface area (Å²) in [7, 11) is 0. The molecule has 0 radical (unpaired) electrons. The Bertz CT molecular complexity index is 520. The Kier molecular flexibility index (Phi) is 4.38. The zero-order valence-corrected chi connectivity index (χ0v) is 12.8. The van der Waals surface area contributed by atoms with E-state index in [0.717, 1.165) is 6.54 Å². The van der Waals surface area contributed by atoms with Crippen molar-refractivity contribution in [3.05, 3.63) is 22.8 Å². The van der Waals surface area contributed by atoms with Gasteiger partial charge in [-0.2, -0.15) is 0 Å². The molecule has 0 aliphatic carbocycles. The number of rotatable bonds is 2. The summed E-state index contributed by atoms with van der Waals surface area (Å²) in [5.41, 5.74) is 6.16. The smallest absolute Gasteiger partial charge is 0.171 e. The summed E-state index contributed by atoms with van der Waals surface area (Å²) in [6, 6.07) is 2.02. The molecule has 5 nitrogen and oxygen atoms in total. The summed E-state index contributed by atoms with van der Waals surface area (Å²) in [6.07, 6.45) is 2.85. The molecular formula is C14H21ClN4O. The molecule has 3 N–H and O–H groups in total. The van der Waals surface area contributed by atoms with E-state index in [1.54, 1.807) is 12.3 Å². The van der Waals surface area contributed by atoms with E-state index in [1.807, 2.05) is 0 Å². The van der Waals surface area contributed by atoms with Gasteiger partial charge in [-0.15, -0.1) is 0 Å². The van der Waals surface area contributed by atoms with Crippen molar-refractivity contribution >= 4 is 23.3 Å². The highest BCUT2D eigenvalue weighted by Gasteiger charge is 2.31. The summed E-state index contributed by atoms with van der Waals surface area (Å²) in [5, 5.41) is 12.3. The standard InChI is InChI=1S/C14H21ClN4O/c1-8-6-9(2)10(3)19(7-8)14-12(15)11(4-5-17-14)13(16)18-20/h4-5,8-10,20H,6-7H2,1-3H3,(H2,16,18). The fourth-order valence-corrected chi connectivity index (χ4v) is 3.20. The molecule has 1 aliphatic rings. The molecule has 0 amide bonds. The molecule has 1 aromatic heterocycles. The monoisotopic (exact) mass is 296 g/mol. The average Bonchev–Trinajstić information content (AvgIpc) is 2.42. The third-order valence-electron chi connectivity index (χ3n) is 4.12. The molecule has 1 aromatic rings. The van der Waals surface area contributed by atoms with Crippen molar-refractivity contribution in [3.63, 3.8) is 0 Å². The van der Waals surface area contributed by atoms with Crippen LogP contribution in [0.25, 0.3) is 0 Å². The third-order valence-corrected chi connectivity index (χ3v) is 4.50. The molecule has 1 aliphatic heterocycles. The number of anilines is 1. The number of piperidine rings is 1. The maximum Gasteiger partial charge on any atom is 0.171 e. The predicted molar refractivity (Wildman–Crippen MR) is 81.5 cm³/mol. The van der Waals surface area contributed by atoms with Gasteiger partial charge in [0.25, 0.3) is 0 Å². The van der Waals surface area contributed by atoms with Gasteiger partial charge in [0.1, 0.15) is 5.82 Å². The molecule has 3 atom stereocenters. The van der Waals surface area contributed by atoms with Gasteiger partial charge in [0.05, 0.1) is 5.02 Å². The van der Waals surface area contributed by atoms with E-state index in [-0.39, 0.29) is 5.84 Å². The highest BCUT2D eigenvalue weighted by molar-refractivity contribution is 6.36. The van der Waals surface area contributed by atoms with E-state index in [1.165, 1.54) is 6.42 Å². The van der Waals surface area contributed by atoms with Gasteiger partial charge in [-0.25, -0.2) is 4.98 Å². The quantitative estimate of drug-likeness (QED) is 0.381. The first-order valence-corrected chi connectivity index (χ1v) is 7.22. The summed E-state index contributed by atoms with van der Waals surface area (Å²) >= 11 is 6.40. The van der Waals surface area contributed by atoms with Crippen molar-refractivity contribution < 1.29 is 5.21 Å². The highest BCUT2D eigenvalue weighted by Crippen LogP contribution is 2.35. The van der Waals surface area contributed by atoms with Crippen LogP contribution >= 0.6 is 11.6 Å². The number of aromatic nitrogens is 1. The van der Waals surface area contributed by atoms with Crippen LogP contribution in [-0.4, -0.2) is 28.6 Å². The molecule has 0 aromatic carbocycles. The first-order chi connectivity index (χ1) is 9.45. The zero-order chi connectivity index (χ0) is 14.9. The molecule has 6 heteroatoms. The fraction of sp³-hybridized carbons (Fsp3) is 0.571. The van der Waals surface area contributed by atoms with E-state index in [4.69, 9.17) is 22.5 Å². The van der Waals surface area contributed by atoms with Crippen molar-refractivity contribution in [1.29, 1.82) is 0 Å². The predicted octanol–water partition coefficient (Wildman–Crippen LogP) is 2.70. The first kappa shape index (κ1) is 14.9. The minimum absolute atomic E-state index is 0.00408. The van der Waals surface area contributed by atoms with Gasteiger partial charge < -0.3 is 15.8 Å². The number of hydrogen-bond donors (Lipinski definition) is 2. The summed E-state index contributed by atoms with van der Waals surface area (Å²) in [5.74, 6) is 1.88. The van der Waals surface area contributed by atoms with Crippen LogP contribution in [0.15, 0.2) is 17.4 Å². The van der Waals surface area contributed by atoms with Crippen molar-refractivity contribution in [3.8, 4) is 0 Å². The lowest BCUT2D eigenvalue weighted by Gasteiger charge is -2.42. The largest absolute Gasteiger partial charge is 0.409 e. The Balaban J connectivity index is 2.42. The maximum absolute atomic E-state index is 8.82. The lowest BCUT2D eigenvalue weighted by molar-refractivity contribution is 0.295. The van der Waals surface area contributed by atoms with Crippen LogP contribution in [0.5, 0.6) is 0 Å². The third kappa shape index (κ3) is 2.68. The molecule has 2 heterocycles. The number of pyridine rings is 1. The molecule has 110 valence electrons. The van der Waals surface area contributed by atoms with Crippen LogP contribution in [0.4, 0.5) is 5.82 Å². The van der Waals surface area contributed by atoms with Crippen LogP contribution < -0.4 is 10.6 Å². The SMILES string of the molecule is CC1CC(C)C(C)N(c2nccc(/C(N)=N/O)c2Cl)C1. The number of halogens is 1. The van der Waals surface area contributed by atoms with Crippen LogP contribution in [0, 0.1) is 11.8 Å². The van der Waals surface area contributed by atoms with Crippen molar-refractivity contribution in [2.24, 2.45) is 22.7 Å². The average molecular weight is 297 g/mol. The lowest BCUT2D eigenvalue weighted by Crippen LogP contribution is -2.46. The van der Waals surface area contributed by atoms with E-state index >= 15 is 0 Å². The second-order valence-electron chi connectivity index (χ2n) is 5.69. The number of nitrogens with zero attached hydrogens (tertiary/aromatic N) is 3. The summed E-state index contributed by atoms with van der Waals surface area (Å²) in [4.78, 5) is 6.62. The van der Waals surface area contributed by atoms with Gasteiger partial charge in [-0.3, -0.25) is 0 Å². The van der Waals surface area contributed by atoms with E-state index in [2.05, 4.69) is 35.8 Å². The second-order valence-corrected chi connectivity index (χ2v) is 6.07. The Morgan fingerprint density at radius 1 is 1.50 bits per heavy atom.